The van der Waals surface area contributed by atoms with Crippen molar-refractivity contribution in [1.82, 2.24) is 5.32 Å². The normalized spacial score (nSPS) is 11.6. The monoisotopic (exact) mass is 283 g/mol. The molecule has 0 saturated heterocycles. The van der Waals surface area contributed by atoms with Crippen molar-refractivity contribution in [2.24, 2.45) is 0 Å². The Kier molecular flexibility index (Phi) is 6.66. The number of likely N-dealkylation sites (N-methyl/N-ethyl adjacent to an activating group) is 1. The lowest BCUT2D eigenvalue weighted by molar-refractivity contribution is -0.146. The summed E-state index contributed by atoms with van der Waals surface area (Å²) in [4.78, 5) is 11.6. The quantitative estimate of drug-likeness (QED) is 0.724. The highest BCUT2D eigenvalue weighted by Crippen LogP contribution is 2.27. The molecule has 0 radical (unpaired) electrons. The minimum absolute atomic E-state index is 0.158. The molecule has 1 unspecified atom stereocenters. The van der Waals surface area contributed by atoms with Gasteiger partial charge in [0.2, 0.25) is 0 Å². The molecule has 0 aromatic heterocycles. The first-order chi connectivity index (χ1) is 9.64. The molecule has 1 rings (SSSR count). The number of hydrogen-bond acceptors (Lipinski definition) is 6. The van der Waals surface area contributed by atoms with Crippen LogP contribution in [0.2, 0.25) is 0 Å². The molecule has 0 heterocycles. The maximum absolute atomic E-state index is 11.6. The van der Waals surface area contributed by atoms with Gasteiger partial charge < -0.3 is 24.3 Å². The van der Waals surface area contributed by atoms with Crippen LogP contribution in [-0.4, -0.2) is 46.5 Å². The minimum atomic E-state index is -0.521. The van der Waals surface area contributed by atoms with Gasteiger partial charge in [-0.2, -0.15) is 0 Å². The smallest absolute Gasteiger partial charge is 0.326 e. The van der Waals surface area contributed by atoms with Crippen LogP contribution in [0.25, 0.3) is 0 Å². The average Bonchev–Trinajstić information content (AvgIpc) is 2.47. The fourth-order valence-electron chi connectivity index (χ4n) is 1.56. The van der Waals surface area contributed by atoms with Gasteiger partial charge in [-0.3, -0.25) is 4.79 Å². The minimum Gasteiger partial charge on any atom is -0.496 e. The third-order valence-corrected chi connectivity index (χ3v) is 2.66. The Morgan fingerprint density at radius 1 is 1.15 bits per heavy atom. The average molecular weight is 283 g/mol. The summed E-state index contributed by atoms with van der Waals surface area (Å²) in [5, 5.41) is 2.85. The predicted molar refractivity (Wildman–Crippen MR) is 74.5 cm³/mol. The van der Waals surface area contributed by atoms with Crippen molar-refractivity contribution in [3.8, 4) is 17.2 Å². The molecule has 1 aromatic rings. The SMILES string of the molecule is CCOC(=O)C(COc1cc(OC)cc(OC)c1)NC. The summed E-state index contributed by atoms with van der Waals surface area (Å²) in [5.74, 6) is 1.46. The van der Waals surface area contributed by atoms with E-state index < -0.39 is 6.04 Å². The largest absolute Gasteiger partial charge is 0.496 e. The van der Waals surface area contributed by atoms with Gasteiger partial charge in [-0.1, -0.05) is 0 Å². The van der Waals surface area contributed by atoms with Gasteiger partial charge in [-0.25, -0.2) is 0 Å². The van der Waals surface area contributed by atoms with E-state index in [1.165, 1.54) is 0 Å². The molecule has 1 atom stereocenters. The van der Waals surface area contributed by atoms with Crippen molar-refractivity contribution in [3.05, 3.63) is 18.2 Å². The summed E-state index contributed by atoms with van der Waals surface area (Å²) < 4.78 is 20.8. The highest BCUT2D eigenvalue weighted by atomic mass is 16.5. The van der Waals surface area contributed by atoms with Gasteiger partial charge in [-0.05, 0) is 14.0 Å². The molecule has 6 nitrogen and oxygen atoms in total. The van der Waals surface area contributed by atoms with Crippen LogP contribution in [0, 0.1) is 0 Å². The van der Waals surface area contributed by atoms with E-state index in [1.807, 2.05) is 0 Å². The molecule has 0 saturated carbocycles. The molecule has 1 aromatic carbocycles. The van der Waals surface area contributed by atoms with Gasteiger partial charge in [0, 0.05) is 18.2 Å². The molecule has 0 aliphatic heterocycles. The summed E-state index contributed by atoms with van der Waals surface area (Å²) in [6.07, 6.45) is 0. The molecule has 0 aliphatic carbocycles. The van der Waals surface area contributed by atoms with Gasteiger partial charge in [-0.15, -0.1) is 0 Å². The fourth-order valence-corrected chi connectivity index (χ4v) is 1.56. The second kappa shape index (κ2) is 8.27. The van der Waals surface area contributed by atoms with Crippen LogP contribution >= 0.6 is 0 Å². The van der Waals surface area contributed by atoms with Crippen molar-refractivity contribution < 1.29 is 23.7 Å². The molecule has 0 bridgehead atoms. The third kappa shape index (κ3) is 4.62. The van der Waals surface area contributed by atoms with Gasteiger partial charge in [0.15, 0.2) is 0 Å². The Morgan fingerprint density at radius 3 is 2.15 bits per heavy atom. The maximum atomic E-state index is 11.6. The van der Waals surface area contributed by atoms with E-state index in [-0.39, 0.29) is 12.6 Å². The van der Waals surface area contributed by atoms with E-state index in [2.05, 4.69) is 5.32 Å². The Bertz CT molecular complexity index is 413. The number of esters is 1. The summed E-state index contributed by atoms with van der Waals surface area (Å²) in [6, 6.07) is 4.67. The highest BCUT2D eigenvalue weighted by molar-refractivity contribution is 5.75. The van der Waals surface area contributed by atoms with Crippen molar-refractivity contribution >= 4 is 5.97 Å². The molecule has 20 heavy (non-hydrogen) atoms. The zero-order valence-electron chi connectivity index (χ0n) is 12.3. The summed E-state index contributed by atoms with van der Waals surface area (Å²) in [6.45, 7) is 2.26. The highest BCUT2D eigenvalue weighted by Gasteiger charge is 2.18. The number of benzene rings is 1. The lowest BCUT2D eigenvalue weighted by atomic mass is 10.3. The molecular weight excluding hydrogens is 262 g/mol. The van der Waals surface area contributed by atoms with Crippen molar-refractivity contribution in [1.29, 1.82) is 0 Å². The first kappa shape index (κ1) is 16.1. The number of rotatable bonds is 8. The van der Waals surface area contributed by atoms with Crippen LogP contribution in [-0.2, 0) is 9.53 Å². The molecular formula is C14H21NO5. The van der Waals surface area contributed by atoms with Crippen molar-refractivity contribution in [3.63, 3.8) is 0 Å². The van der Waals surface area contributed by atoms with Crippen LogP contribution < -0.4 is 19.5 Å². The summed E-state index contributed by atoms with van der Waals surface area (Å²) in [7, 11) is 4.80. The van der Waals surface area contributed by atoms with Crippen LogP contribution in [0.1, 0.15) is 6.92 Å². The van der Waals surface area contributed by atoms with Gasteiger partial charge in [0.25, 0.3) is 0 Å². The number of hydrogen-bond donors (Lipinski definition) is 1. The van der Waals surface area contributed by atoms with E-state index in [9.17, 15) is 4.79 Å². The zero-order chi connectivity index (χ0) is 15.0. The molecule has 112 valence electrons. The van der Waals surface area contributed by atoms with Crippen LogP contribution in [0.15, 0.2) is 18.2 Å². The molecule has 0 amide bonds. The standard InChI is InChI=1S/C14H21NO5/c1-5-19-14(16)13(15-2)9-20-12-7-10(17-3)6-11(8-12)18-4/h6-8,13,15H,5,9H2,1-4H3. The molecule has 0 spiro atoms. The number of carbonyl (C=O) groups is 1. The Labute approximate surface area is 119 Å². The number of carbonyl (C=O) groups excluding carboxylic acids is 1. The molecule has 0 aliphatic rings. The summed E-state index contributed by atoms with van der Waals surface area (Å²) in [5.41, 5.74) is 0. The van der Waals surface area contributed by atoms with Gasteiger partial charge >= 0.3 is 5.97 Å². The van der Waals surface area contributed by atoms with Crippen molar-refractivity contribution in [2.75, 3.05) is 34.5 Å². The number of nitrogens with one attached hydrogen (secondary N) is 1. The first-order valence-corrected chi connectivity index (χ1v) is 6.34. The van der Waals surface area contributed by atoms with E-state index in [0.29, 0.717) is 23.9 Å². The zero-order valence-corrected chi connectivity index (χ0v) is 12.3. The van der Waals surface area contributed by atoms with E-state index in [1.54, 1.807) is 46.4 Å². The van der Waals surface area contributed by atoms with E-state index in [4.69, 9.17) is 18.9 Å². The lowest BCUT2D eigenvalue weighted by Gasteiger charge is -2.16. The fraction of sp³-hybridized carbons (Fsp3) is 0.500. The molecule has 6 heteroatoms. The number of methoxy groups -OCH3 is 2. The predicted octanol–water partition coefficient (Wildman–Crippen LogP) is 1.23. The molecule has 1 N–H and O–H groups in total. The first-order valence-electron chi connectivity index (χ1n) is 6.34. The van der Waals surface area contributed by atoms with Gasteiger partial charge in [0.05, 0.1) is 20.8 Å². The Hall–Kier alpha value is -1.95. The Balaban J connectivity index is 2.70. The number of ether oxygens (including phenoxy) is 4. The second-order valence-electron chi connectivity index (χ2n) is 3.95. The second-order valence-corrected chi connectivity index (χ2v) is 3.95. The lowest BCUT2D eigenvalue weighted by Crippen LogP contribution is -2.40. The van der Waals surface area contributed by atoms with Crippen LogP contribution in [0.3, 0.4) is 0 Å². The third-order valence-electron chi connectivity index (χ3n) is 2.66. The summed E-state index contributed by atoms with van der Waals surface area (Å²) >= 11 is 0. The van der Waals surface area contributed by atoms with E-state index >= 15 is 0 Å². The van der Waals surface area contributed by atoms with Gasteiger partial charge in [0.1, 0.15) is 29.9 Å². The topological polar surface area (TPSA) is 66.0 Å². The van der Waals surface area contributed by atoms with Crippen LogP contribution in [0.4, 0.5) is 0 Å². The van der Waals surface area contributed by atoms with Crippen LogP contribution in [0.5, 0.6) is 17.2 Å². The Morgan fingerprint density at radius 2 is 1.70 bits per heavy atom. The van der Waals surface area contributed by atoms with E-state index in [0.717, 1.165) is 0 Å². The van der Waals surface area contributed by atoms with Crippen molar-refractivity contribution in [2.45, 2.75) is 13.0 Å². The molecule has 0 fully saturated rings. The maximum Gasteiger partial charge on any atom is 0.326 e.